The van der Waals surface area contributed by atoms with Crippen molar-refractivity contribution in [3.63, 3.8) is 0 Å². The molecule has 178 valence electrons. The molecule has 0 radical (unpaired) electrons. The topological polar surface area (TPSA) is 133 Å². The summed E-state index contributed by atoms with van der Waals surface area (Å²) in [6, 6.07) is 6.53. The molecular formula is C22H30O9S. The number of aliphatic hydroxyl groups is 1. The Hall–Kier alpha value is -3.24. The molecule has 0 saturated heterocycles. The van der Waals surface area contributed by atoms with Crippen LogP contribution in [0.4, 0.5) is 0 Å². The van der Waals surface area contributed by atoms with E-state index in [1.54, 1.807) is 31.2 Å². The lowest BCUT2D eigenvalue weighted by Crippen LogP contribution is -2.14. The number of methoxy groups -OCH3 is 1. The lowest BCUT2D eigenvalue weighted by molar-refractivity contribution is -0.139. The molecule has 0 spiro atoms. The number of carbonyl (C=O) groups is 3. The third-order valence-electron chi connectivity index (χ3n) is 3.18. The van der Waals surface area contributed by atoms with Crippen LogP contribution in [0.3, 0.4) is 0 Å². The average molecular weight is 471 g/mol. The summed E-state index contributed by atoms with van der Waals surface area (Å²) in [5, 5.41) is 8.10. The predicted molar refractivity (Wildman–Crippen MR) is 119 cm³/mol. The molecule has 0 aliphatic rings. The summed E-state index contributed by atoms with van der Waals surface area (Å²) in [6.45, 7) is 13.0. The number of carbonyl (C=O) groups excluding carboxylic acids is 3. The molecule has 0 fully saturated rings. The molecular weight excluding hydrogens is 440 g/mol. The first-order valence-electron chi connectivity index (χ1n) is 9.17. The van der Waals surface area contributed by atoms with Crippen LogP contribution in [0, 0.1) is 6.92 Å². The number of sulfone groups is 1. The highest BCUT2D eigenvalue weighted by atomic mass is 32.2. The molecule has 0 amide bonds. The van der Waals surface area contributed by atoms with Crippen molar-refractivity contribution >= 4 is 27.7 Å². The number of ether oxygens (including phenoxy) is 3. The molecule has 0 aliphatic heterocycles. The van der Waals surface area contributed by atoms with Crippen LogP contribution >= 0.6 is 0 Å². The fraction of sp³-hybridized carbons (Fsp3) is 0.318. The minimum atomic E-state index is -3.39. The summed E-state index contributed by atoms with van der Waals surface area (Å²) in [7, 11) is -2.06. The summed E-state index contributed by atoms with van der Waals surface area (Å²) in [5.74, 6) is -1.70. The molecule has 10 heteroatoms. The molecule has 0 aliphatic carbocycles. The van der Waals surface area contributed by atoms with Gasteiger partial charge in [0.25, 0.3) is 0 Å². The van der Waals surface area contributed by atoms with Crippen molar-refractivity contribution in [1.82, 2.24) is 0 Å². The summed E-state index contributed by atoms with van der Waals surface area (Å²) in [5.41, 5.74) is 1.42. The number of hydrogen-bond acceptors (Lipinski definition) is 9. The highest BCUT2D eigenvalue weighted by Gasteiger charge is 2.14. The number of hydrogen-bond donors (Lipinski definition) is 1. The molecule has 1 rings (SSSR count). The summed E-state index contributed by atoms with van der Waals surface area (Å²) in [4.78, 5) is 31.3. The zero-order chi connectivity index (χ0) is 25.2. The van der Waals surface area contributed by atoms with Gasteiger partial charge in [0, 0.05) is 17.7 Å². The van der Waals surface area contributed by atoms with E-state index in [2.05, 4.69) is 33.9 Å². The second-order valence-corrected chi connectivity index (χ2v) is 7.98. The van der Waals surface area contributed by atoms with Gasteiger partial charge in [-0.25, -0.2) is 22.8 Å². The number of aryl methyl sites for hydroxylation is 1. The van der Waals surface area contributed by atoms with Gasteiger partial charge in [-0.2, -0.15) is 0 Å². The largest absolute Gasteiger partial charge is 0.466 e. The average Bonchev–Trinajstić information content (AvgIpc) is 2.77. The van der Waals surface area contributed by atoms with E-state index in [-0.39, 0.29) is 36.4 Å². The van der Waals surface area contributed by atoms with Gasteiger partial charge in [-0.1, -0.05) is 37.4 Å². The number of esters is 3. The molecule has 0 bridgehead atoms. The zero-order valence-corrected chi connectivity index (χ0v) is 19.4. The SMILES string of the molecule is C=C(C)C(=O)OC.C=CC(=O)OCCO.C=CC(=O)OCCS(=O)(=O)c1ccc(C)cc1. The van der Waals surface area contributed by atoms with Gasteiger partial charge < -0.3 is 19.3 Å². The first-order valence-corrected chi connectivity index (χ1v) is 10.8. The van der Waals surface area contributed by atoms with Crippen LogP contribution in [0.1, 0.15) is 12.5 Å². The van der Waals surface area contributed by atoms with Crippen molar-refractivity contribution in [2.45, 2.75) is 18.7 Å². The molecule has 1 aromatic rings. The van der Waals surface area contributed by atoms with Crippen LogP contribution in [0.15, 0.2) is 66.6 Å². The Balaban J connectivity index is 0. The van der Waals surface area contributed by atoms with Crippen molar-refractivity contribution in [3.05, 3.63) is 67.3 Å². The fourth-order valence-corrected chi connectivity index (χ4v) is 2.64. The molecule has 0 saturated carbocycles. The van der Waals surface area contributed by atoms with Crippen molar-refractivity contribution < 1.29 is 42.1 Å². The van der Waals surface area contributed by atoms with Gasteiger partial charge in [0.15, 0.2) is 9.84 Å². The minimum absolute atomic E-state index is 0.0465. The molecule has 0 aromatic heterocycles. The summed E-state index contributed by atoms with van der Waals surface area (Å²) < 4.78 is 36.8. The molecule has 1 aromatic carbocycles. The molecule has 9 nitrogen and oxygen atoms in total. The van der Waals surface area contributed by atoms with Gasteiger partial charge in [-0.05, 0) is 26.0 Å². The Bertz CT molecular complexity index is 869. The summed E-state index contributed by atoms with van der Waals surface area (Å²) in [6.07, 6.45) is 2.05. The third-order valence-corrected chi connectivity index (χ3v) is 4.87. The molecule has 32 heavy (non-hydrogen) atoms. The zero-order valence-electron chi connectivity index (χ0n) is 18.5. The fourth-order valence-electron chi connectivity index (χ4n) is 1.55. The second-order valence-electron chi connectivity index (χ2n) is 5.87. The Morgan fingerprint density at radius 2 is 1.47 bits per heavy atom. The van der Waals surface area contributed by atoms with Crippen molar-refractivity contribution in [2.24, 2.45) is 0 Å². The van der Waals surface area contributed by atoms with Gasteiger partial charge >= 0.3 is 17.9 Å². The number of rotatable bonds is 9. The maximum atomic E-state index is 11.8. The van der Waals surface area contributed by atoms with E-state index in [4.69, 9.17) is 5.11 Å². The highest BCUT2D eigenvalue weighted by Crippen LogP contribution is 2.11. The van der Waals surface area contributed by atoms with Crippen LogP contribution in [-0.4, -0.2) is 64.1 Å². The van der Waals surface area contributed by atoms with Crippen LogP contribution in [0.2, 0.25) is 0 Å². The van der Waals surface area contributed by atoms with Gasteiger partial charge in [-0.3, -0.25) is 0 Å². The quantitative estimate of drug-likeness (QED) is 0.326. The van der Waals surface area contributed by atoms with E-state index in [1.165, 1.54) is 7.11 Å². The van der Waals surface area contributed by atoms with E-state index in [0.29, 0.717) is 5.57 Å². The van der Waals surface area contributed by atoms with E-state index in [0.717, 1.165) is 17.7 Å². The van der Waals surface area contributed by atoms with Crippen LogP contribution < -0.4 is 0 Å². The predicted octanol–water partition coefficient (Wildman–Crippen LogP) is 1.94. The van der Waals surface area contributed by atoms with E-state index in [1.807, 2.05) is 6.92 Å². The Morgan fingerprint density at radius 3 is 1.81 bits per heavy atom. The van der Waals surface area contributed by atoms with Gasteiger partial charge in [0.1, 0.15) is 13.2 Å². The number of aliphatic hydroxyl groups excluding tert-OH is 1. The van der Waals surface area contributed by atoms with Crippen LogP contribution in [-0.2, 0) is 38.4 Å². The van der Waals surface area contributed by atoms with Crippen molar-refractivity contribution in [1.29, 1.82) is 0 Å². The molecule has 0 atom stereocenters. The van der Waals surface area contributed by atoms with Gasteiger partial charge in [-0.15, -0.1) is 0 Å². The Kier molecular flexibility index (Phi) is 16.9. The van der Waals surface area contributed by atoms with Crippen LogP contribution in [0.5, 0.6) is 0 Å². The third kappa shape index (κ3) is 15.6. The van der Waals surface area contributed by atoms with Crippen molar-refractivity contribution in [3.8, 4) is 0 Å². The van der Waals surface area contributed by atoms with E-state index in [9.17, 15) is 22.8 Å². The second kappa shape index (κ2) is 17.4. The van der Waals surface area contributed by atoms with Crippen LogP contribution in [0.25, 0.3) is 0 Å². The van der Waals surface area contributed by atoms with E-state index >= 15 is 0 Å². The Labute approximate surface area is 188 Å². The normalized spacial score (nSPS) is 9.50. The van der Waals surface area contributed by atoms with Gasteiger partial charge in [0.2, 0.25) is 0 Å². The summed E-state index contributed by atoms with van der Waals surface area (Å²) >= 11 is 0. The lowest BCUT2D eigenvalue weighted by Gasteiger charge is -2.05. The first kappa shape index (κ1) is 30.9. The first-order chi connectivity index (χ1) is 14.9. The van der Waals surface area contributed by atoms with Crippen molar-refractivity contribution in [2.75, 3.05) is 32.7 Å². The van der Waals surface area contributed by atoms with E-state index < -0.39 is 21.8 Å². The standard InChI is InChI=1S/C12H14O4S.C5H8O3.C5H8O2/c1-3-12(13)16-8-9-17(14,15)11-6-4-10(2)5-7-11;1-2-5(7)8-4-3-6;1-4(2)5(6)7-3/h3-7H,1,8-9H2,2H3;2,6H,1,3-4H2;1H2,2-3H3. The number of benzene rings is 1. The molecule has 0 heterocycles. The van der Waals surface area contributed by atoms with Gasteiger partial charge in [0.05, 0.1) is 24.4 Å². The minimum Gasteiger partial charge on any atom is -0.466 e. The monoisotopic (exact) mass is 470 g/mol. The Morgan fingerprint density at radius 1 is 1.00 bits per heavy atom. The molecule has 1 N–H and O–H groups in total. The maximum Gasteiger partial charge on any atom is 0.332 e. The lowest BCUT2D eigenvalue weighted by atomic mass is 10.2. The maximum absolute atomic E-state index is 11.8. The smallest absolute Gasteiger partial charge is 0.332 e. The molecule has 0 unspecified atom stereocenters. The highest BCUT2D eigenvalue weighted by molar-refractivity contribution is 7.91.